The van der Waals surface area contributed by atoms with Gasteiger partial charge in [0.1, 0.15) is 73.2 Å². The van der Waals surface area contributed by atoms with Gasteiger partial charge in [-0.25, -0.2) is 0 Å². The number of carbonyl (C=O) groups is 1. The molecule has 1 amide bonds. The zero-order chi connectivity index (χ0) is 65.4. The molecule has 0 spiro atoms. The fraction of sp³-hybridized carbons (Fsp3) is 0.901. The maximum absolute atomic E-state index is 13.4. The normalized spacial score (nSPS) is 28.2. The van der Waals surface area contributed by atoms with Crippen molar-refractivity contribution in [2.75, 3.05) is 26.4 Å². The highest BCUT2D eigenvalue weighted by atomic mass is 16.8. The zero-order valence-electron chi connectivity index (χ0n) is 55.9. The Morgan fingerprint density at radius 3 is 1.14 bits per heavy atom. The first-order valence-corrected chi connectivity index (χ1v) is 36.2. The summed E-state index contributed by atoms with van der Waals surface area (Å²) in [6.45, 7) is 1.73. The van der Waals surface area contributed by atoms with E-state index >= 15 is 0 Å². The van der Waals surface area contributed by atoms with Gasteiger partial charge in [-0.3, -0.25) is 4.79 Å². The van der Waals surface area contributed by atoms with E-state index in [1.165, 1.54) is 180 Å². The number of allylic oxidation sites excluding steroid dienone is 5. The number of nitrogens with one attached hydrogen (secondary N) is 1. The molecule has 19 nitrogen and oxygen atoms in total. The van der Waals surface area contributed by atoms with Gasteiger partial charge in [0.2, 0.25) is 5.91 Å². The van der Waals surface area contributed by atoms with Gasteiger partial charge in [-0.2, -0.15) is 0 Å². The predicted octanol–water partition coefficient (Wildman–Crippen LogP) is 10.00. The van der Waals surface area contributed by atoms with Gasteiger partial charge < -0.3 is 89.9 Å². The van der Waals surface area contributed by atoms with Gasteiger partial charge >= 0.3 is 0 Å². The Kier molecular flexibility index (Phi) is 48.6. The second-order valence-electron chi connectivity index (χ2n) is 26.1. The van der Waals surface area contributed by atoms with Crippen LogP contribution in [0.1, 0.15) is 277 Å². The van der Waals surface area contributed by atoms with Crippen molar-refractivity contribution in [2.45, 2.75) is 381 Å². The molecule has 17 unspecified atom stereocenters. The van der Waals surface area contributed by atoms with E-state index < -0.39 is 124 Å². The molecule has 3 saturated heterocycles. The van der Waals surface area contributed by atoms with Crippen LogP contribution in [0.25, 0.3) is 0 Å². The summed E-state index contributed by atoms with van der Waals surface area (Å²) >= 11 is 0. The lowest BCUT2D eigenvalue weighted by Crippen LogP contribution is -2.66. The van der Waals surface area contributed by atoms with E-state index in [-0.39, 0.29) is 18.9 Å². The number of amides is 1. The van der Waals surface area contributed by atoms with E-state index in [1.807, 2.05) is 6.08 Å². The summed E-state index contributed by atoms with van der Waals surface area (Å²) < 4.78 is 34.4. The van der Waals surface area contributed by atoms with Crippen molar-refractivity contribution in [3.63, 3.8) is 0 Å². The minimum Gasteiger partial charge on any atom is -0.394 e. The minimum absolute atomic E-state index is 0.228. The third-order valence-electron chi connectivity index (χ3n) is 18.2. The number of carbonyl (C=O) groups excluding carboxylic acids is 1. The van der Waals surface area contributed by atoms with Crippen LogP contribution in [0, 0.1) is 0 Å². The quantitative estimate of drug-likeness (QED) is 0.0199. The Morgan fingerprint density at radius 2 is 0.733 bits per heavy atom. The van der Waals surface area contributed by atoms with Crippen molar-refractivity contribution in [3.8, 4) is 0 Å². The first-order chi connectivity index (χ1) is 43.8. The van der Waals surface area contributed by atoms with Crippen LogP contribution in [0.3, 0.4) is 0 Å². The standard InChI is InChI=1S/C71H131NO18/c1-3-5-7-9-11-13-15-17-19-21-22-23-24-25-26-27-28-29-30-31-32-33-34-36-38-40-42-44-46-48-55(76)54(72-59(77)49-47-45-43-41-39-37-35-20-18-16-14-12-10-8-6-4-2)53-85-69-65(83)62(80)67(57(51-74)87-69)90-71-66(84)63(81)68(58(52-75)88-71)89-70-64(82)61(79)60(78)56(50-73)86-70/h14,16,20,35,46,48,54-58,60-71,73-76,78-84H,3-13,15,17-19,21-34,36-45,47,49-53H2,1-2H3,(H,72,77)/b16-14-,35-20-,48-46+. The molecule has 0 saturated carbocycles. The molecule has 3 fully saturated rings. The van der Waals surface area contributed by atoms with Crippen molar-refractivity contribution in [1.82, 2.24) is 5.32 Å². The summed E-state index contributed by atoms with van der Waals surface area (Å²) in [5.41, 5.74) is 0. The van der Waals surface area contributed by atoms with Gasteiger partial charge in [0.25, 0.3) is 0 Å². The molecule has 0 aromatic carbocycles. The molecular formula is C71H131NO18. The molecule has 528 valence electrons. The molecule has 17 atom stereocenters. The van der Waals surface area contributed by atoms with Gasteiger partial charge in [-0.05, 0) is 51.4 Å². The summed E-state index contributed by atoms with van der Waals surface area (Å²) in [5.74, 6) is -0.287. The largest absolute Gasteiger partial charge is 0.394 e. The second-order valence-corrected chi connectivity index (χ2v) is 26.1. The third kappa shape index (κ3) is 34.6. The number of aliphatic hydroxyl groups excluding tert-OH is 11. The summed E-state index contributed by atoms with van der Waals surface area (Å²) in [6.07, 6.45) is 35.6. The number of hydrogen-bond acceptors (Lipinski definition) is 18. The molecule has 0 radical (unpaired) electrons. The Bertz CT molecular complexity index is 1780. The molecule has 0 aromatic heterocycles. The third-order valence-corrected chi connectivity index (χ3v) is 18.2. The Balaban J connectivity index is 1.41. The zero-order valence-corrected chi connectivity index (χ0v) is 55.9. The highest BCUT2D eigenvalue weighted by Crippen LogP contribution is 2.33. The van der Waals surface area contributed by atoms with E-state index in [9.17, 15) is 61.0 Å². The molecule has 3 rings (SSSR count). The lowest BCUT2D eigenvalue weighted by molar-refractivity contribution is -0.379. The van der Waals surface area contributed by atoms with E-state index in [2.05, 4.69) is 43.5 Å². The molecule has 0 aliphatic carbocycles. The van der Waals surface area contributed by atoms with Crippen LogP contribution in [-0.2, 0) is 33.2 Å². The lowest BCUT2D eigenvalue weighted by atomic mass is 9.96. The smallest absolute Gasteiger partial charge is 0.220 e. The summed E-state index contributed by atoms with van der Waals surface area (Å²) in [5, 5.41) is 121. The SMILES string of the molecule is CCCCCC/C=C\C/C=C\CCCCCCCC(=O)NC(COC1OC(CO)C(OC2OC(CO)C(OC3OC(CO)C(O)C(O)C3O)C(O)C2O)C(O)C1O)C(O)/C=C/CCCCCCCCCCCCCCCCCCCCCCCCCCCCC. The first kappa shape index (κ1) is 82.2. The van der Waals surface area contributed by atoms with Crippen molar-refractivity contribution >= 4 is 5.91 Å². The number of aliphatic hydroxyl groups is 11. The molecule has 90 heavy (non-hydrogen) atoms. The average molecular weight is 1290 g/mol. The summed E-state index contributed by atoms with van der Waals surface area (Å²) in [6, 6.07) is -0.981. The van der Waals surface area contributed by atoms with E-state index in [0.29, 0.717) is 6.42 Å². The Morgan fingerprint density at radius 1 is 0.400 bits per heavy atom. The summed E-state index contributed by atoms with van der Waals surface area (Å²) in [7, 11) is 0. The van der Waals surface area contributed by atoms with Crippen molar-refractivity contribution in [1.29, 1.82) is 0 Å². The number of ether oxygens (including phenoxy) is 6. The van der Waals surface area contributed by atoms with Gasteiger partial charge in [0, 0.05) is 6.42 Å². The number of hydrogen-bond donors (Lipinski definition) is 12. The predicted molar refractivity (Wildman–Crippen MR) is 351 cm³/mol. The first-order valence-electron chi connectivity index (χ1n) is 36.2. The topological polar surface area (TPSA) is 307 Å². The fourth-order valence-corrected chi connectivity index (χ4v) is 12.3. The molecule has 3 aliphatic rings. The van der Waals surface area contributed by atoms with Crippen LogP contribution in [0.2, 0.25) is 0 Å². The van der Waals surface area contributed by atoms with Crippen molar-refractivity contribution in [3.05, 3.63) is 36.5 Å². The van der Waals surface area contributed by atoms with Crippen LogP contribution in [0.15, 0.2) is 36.5 Å². The fourth-order valence-electron chi connectivity index (χ4n) is 12.3. The molecule has 0 aromatic rings. The van der Waals surface area contributed by atoms with Gasteiger partial charge in [-0.15, -0.1) is 0 Å². The monoisotopic (exact) mass is 1290 g/mol. The maximum atomic E-state index is 13.4. The van der Waals surface area contributed by atoms with Crippen LogP contribution in [-0.4, -0.2) is 193 Å². The number of rotatable bonds is 56. The Hall–Kier alpha value is -1.99. The van der Waals surface area contributed by atoms with E-state index in [4.69, 9.17) is 28.4 Å². The summed E-state index contributed by atoms with van der Waals surface area (Å²) in [4.78, 5) is 13.4. The highest BCUT2D eigenvalue weighted by Gasteiger charge is 2.53. The average Bonchev–Trinajstić information content (AvgIpc) is 1.16. The molecule has 12 N–H and O–H groups in total. The molecule has 19 heteroatoms. The van der Waals surface area contributed by atoms with Gasteiger partial charge in [0.15, 0.2) is 18.9 Å². The van der Waals surface area contributed by atoms with Crippen molar-refractivity contribution in [2.24, 2.45) is 0 Å². The lowest BCUT2D eigenvalue weighted by Gasteiger charge is -2.48. The van der Waals surface area contributed by atoms with Gasteiger partial charge in [0.05, 0.1) is 38.6 Å². The van der Waals surface area contributed by atoms with Crippen LogP contribution in [0.4, 0.5) is 0 Å². The minimum atomic E-state index is -1.98. The van der Waals surface area contributed by atoms with Crippen LogP contribution >= 0.6 is 0 Å². The molecule has 3 heterocycles. The van der Waals surface area contributed by atoms with Crippen LogP contribution in [0.5, 0.6) is 0 Å². The van der Waals surface area contributed by atoms with E-state index in [1.54, 1.807) is 6.08 Å². The van der Waals surface area contributed by atoms with Crippen molar-refractivity contribution < 1.29 is 89.4 Å². The van der Waals surface area contributed by atoms with Crippen LogP contribution < -0.4 is 5.32 Å². The Labute approximate surface area is 542 Å². The maximum Gasteiger partial charge on any atom is 0.220 e. The van der Waals surface area contributed by atoms with Gasteiger partial charge in [-0.1, -0.05) is 256 Å². The molecule has 0 bridgehead atoms. The van der Waals surface area contributed by atoms with E-state index in [0.717, 1.165) is 70.6 Å². The highest BCUT2D eigenvalue weighted by molar-refractivity contribution is 5.76. The number of unbranched alkanes of at least 4 members (excludes halogenated alkanes) is 36. The molecular weight excluding hydrogens is 1150 g/mol. The molecule has 3 aliphatic heterocycles. The second kappa shape index (κ2) is 53.2.